The molecule has 4 nitrogen and oxygen atoms in total. The monoisotopic (exact) mass is 315 g/mol. The molecule has 0 radical (unpaired) electrons. The average Bonchev–Trinajstić information content (AvgIpc) is 2.92. The smallest absolute Gasteiger partial charge is 0.254 e. The van der Waals surface area contributed by atoms with Crippen molar-refractivity contribution in [3.8, 4) is 5.69 Å². The molecule has 1 saturated carbocycles. The highest BCUT2D eigenvalue weighted by atomic mass is 19.1. The van der Waals surface area contributed by atoms with Crippen molar-refractivity contribution in [1.29, 1.82) is 0 Å². The van der Waals surface area contributed by atoms with Gasteiger partial charge in [-0.3, -0.25) is 4.79 Å². The second-order valence-corrected chi connectivity index (χ2v) is 6.44. The van der Waals surface area contributed by atoms with Crippen molar-refractivity contribution in [1.82, 2.24) is 15.1 Å². The zero-order valence-electron chi connectivity index (χ0n) is 13.6. The molecule has 23 heavy (non-hydrogen) atoms. The number of rotatable bonds is 3. The van der Waals surface area contributed by atoms with Gasteiger partial charge in [-0.25, -0.2) is 9.07 Å². The molecule has 1 aliphatic rings. The van der Waals surface area contributed by atoms with E-state index in [1.165, 1.54) is 16.9 Å². The first-order chi connectivity index (χ1) is 11.1. The number of nitrogens with zero attached hydrogens (tertiary/aromatic N) is 2. The molecule has 1 aliphatic carbocycles. The molecule has 122 valence electrons. The van der Waals surface area contributed by atoms with Gasteiger partial charge in [0.2, 0.25) is 0 Å². The van der Waals surface area contributed by atoms with Gasteiger partial charge in [-0.1, -0.05) is 19.1 Å². The van der Waals surface area contributed by atoms with Crippen molar-refractivity contribution >= 4 is 5.91 Å². The van der Waals surface area contributed by atoms with Crippen molar-refractivity contribution < 1.29 is 9.18 Å². The molecule has 1 aromatic heterocycles. The second-order valence-electron chi connectivity index (χ2n) is 6.44. The fourth-order valence-corrected chi connectivity index (χ4v) is 3.17. The predicted octanol–water partition coefficient (Wildman–Crippen LogP) is 3.63. The van der Waals surface area contributed by atoms with Crippen LogP contribution in [0.25, 0.3) is 5.69 Å². The van der Waals surface area contributed by atoms with Gasteiger partial charge in [0.25, 0.3) is 5.91 Å². The van der Waals surface area contributed by atoms with Gasteiger partial charge in [0.15, 0.2) is 0 Å². The van der Waals surface area contributed by atoms with Gasteiger partial charge >= 0.3 is 0 Å². The van der Waals surface area contributed by atoms with Crippen LogP contribution in [-0.4, -0.2) is 21.7 Å². The zero-order valence-corrected chi connectivity index (χ0v) is 13.6. The van der Waals surface area contributed by atoms with Crippen LogP contribution in [0.4, 0.5) is 4.39 Å². The lowest BCUT2D eigenvalue weighted by atomic mass is 9.87. The van der Waals surface area contributed by atoms with Crippen LogP contribution >= 0.6 is 0 Å². The molecule has 1 fully saturated rings. The van der Waals surface area contributed by atoms with E-state index in [-0.39, 0.29) is 17.8 Å². The summed E-state index contributed by atoms with van der Waals surface area (Å²) in [4.78, 5) is 12.5. The van der Waals surface area contributed by atoms with Crippen LogP contribution in [0.15, 0.2) is 30.5 Å². The number of hydrogen-bond acceptors (Lipinski definition) is 2. The number of carbonyl (C=O) groups is 1. The highest BCUT2D eigenvalue weighted by Gasteiger charge is 2.22. The van der Waals surface area contributed by atoms with Crippen LogP contribution < -0.4 is 5.32 Å². The Morgan fingerprint density at radius 1 is 1.26 bits per heavy atom. The minimum absolute atomic E-state index is 0.121. The molecule has 5 heteroatoms. The number of hydrogen-bond donors (Lipinski definition) is 1. The number of benzene rings is 1. The van der Waals surface area contributed by atoms with Crippen LogP contribution in [0.5, 0.6) is 0 Å². The van der Waals surface area contributed by atoms with E-state index in [0.29, 0.717) is 16.9 Å². The highest BCUT2D eigenvalue weighted by molar-refractivity contribution is 5.95. The second kappa shape index (κ2) is 6.52. The van der Waals surface area contributed by atoms with Crippen molar-refractivity contribution in [3.05, 3.63) is 47.5 Å². The average molecular weight is 315 g/mol. The summed E-state index contributed by atoms with van der Waals surface area (Å²) in [6.45, 7) is 4.04. The van der Waals surface area contributed by atoms with Gasteiger partial charge in [-0.15, -0.1) is 0 Å². The van der Waals surface area contributed by atoms with E-state index in [9.17, 15) is 9.18 Å². The lowest BCUT2D eigenvalue weighted by molar-refractivity contribution is 0.0922. The molecule has 0 unspecified atom stereocenters. The van der Waals surface area contributed by atoms with Gasteiger partial charge in [-0.05, 0) is 50.7 Å². The van der Waals surface area contributed by atoms with E-state index >= 15 is 0 Å². The van der Waals surface area contributed by atoms with E-state index in [2.05, 4.69) is 17.3 Å². The first-order valence-electron chi connectivity index (χ1n) is 8.16. The predicted molar refractivity (Wildman–Crippen MR) is 87.1 cm³/mol. The summed E-state index contributed by atoms with van der Waals surface area (Å²) in [6, 6.07) is 6.66. The maximum absolute atomic E-state index is 13.9. The Balaban J connectivity index is 1.76. The third-order valence-electron chi connectivity index (χ3n) is 4.69. The Kier molecular flexibility index (Phi) is 4.46. The van der Waals surface area contributed by atoms with Gasteiger partial charge in [0, 0.05) is 6.04 Å². The minimum atomic E-state index is -0.355. The van der Waals surface area contributed by atoms with Crippen LogP contribution in [0, 0.1) is 18.7 Å². The maximum Gasteiger partial charge on any atom is 0.254 e. The topological polar surface area (TPSA) is 46.9 Å². The third-order valence-corrected chi connectivity index (χ3v) is 4.69. The maximum atomic E-state index is 13.9. The quantitative estimate of drug-likeness (QED) is 0.940. The number of carbonyl (C=O) groups excluding carboxylic acids is 1. The van der Waals surface area contributed by atoms with Crippen LogP contribution in [0.3, 0.4) is 0 Å². The zero-order chi connectivity index (χ0) is 16.4. The fourth-order valence-electron chi connectivity index (χ4n) is 3.17. The molecule has 0 bridgehead atoms. The summed E-state index contributed by atoms with van der Waals surface area (Å²) in [7, 11) is 0. The van der Waals surface area contributed by atoms with E-state index in [1.54, 1.807) is 25.1 Å². The molecule has 1 heterocycles. The summed E-state index contributed by atoms with van der Waals surface area (Å²) < 4.78 is 15.4. The van der Waals surface area contributed by atoms with Crippen LogP contribution in [-0.2, 0) is 0 Å². The lowest BCUT2D eigenvalue weighted by Gasteiger charge is -2.26. The molecule has 0 atom stereocenters. The summed E-state index contributed by atoms with van der Waals surface area (Å²) in [5.74, 6) is 0.269. The van der Waals surface area contributed by atoms with E-state index < -0.39 is 0 Å². The Bertz CT molecular complexity index is 702. The SMILES string of the molecule is Cc1c(C(=O)NC2CCC(C)CC2)cnn1-c1ccccc1F. The number of nitrogens with one attached hydrogen (secondary N) is 1. The van der Waals surface area contributed by atoms with Crippen molar-refractivity contribution in [2.45, 2.75) is 45.6 Å². The van der Waals surface area contributed by atoms with Crippen LogP contribution in [0.1, 0.15) is 48.7 Å². The molecule has 0 saturated heterocycles. The van der Waals surface area contributed by atoms with Gasteiger partial charge < -0.3 is 5.32 Å². The number of halogens is 1. The molecule has 1 N–H and O–H groups in total. The van der Waals surface area contributed by atoms with Crippen LogP contribution in [0.2, 0.25) is 0 Å². The number of aromatic nitrogens is 2. The Morgan fingerprint density at radius 3 is 2.65 bits per heavy atom. The van der Waals surface area contributed by atoms with Crippen molar-refractivity contribution in [3.63, 3.8) is 0 Å². The first kappa shape index (κ1) is 15.7. The minimum Gasteiger partial charge on any atom is -0.349 e. The Hall–Kier alpha value is -2.17. The molecule has 0 spiro atoms. The fraction of sp³-hybridized carbons (Fsp3) is 0.444. The Morgan fingerprint density at radius 2 is 1.96 bits per heavy atom. The van der Waals surface area contributed by atoms with Gasteiger partial charge in [0.05, 0.1) is 17.5 Å². The third kappa shape index (κ3) is 3.28. The number of amides is 1. The van der Waals surface area contributed by atoms with E-state index in [1.807, 2.05) is 0 Å². The molecule has 2 aromatic rings. The summed E-state index contributed by atoms with van der Waals surface area (Å²) in [5, 5.41) is 7.28. The summed E-state index contributed by atoms with van der Waals surface area (Å²) >= 11 is 0. The molecule has 3 rings (SSSR count). The normalized spacial score (nSPS) is 21.2. The van der Waals surface area contributed by atoms with Crippen molar-refractivity contribution in [2.75, 3.05) is 0 Å². The van der Waals surface area contributed by atoms with E-state index in [4.69, 9.17) is 0 Å². The highest BCUT2D eigenvalue weighted by Crippen LogP contribution is 2.24. The standard InChI is InChI=1S/C18H22FN3O/c1-12-7-9-14(10-8-12)21-18(23)15-11-20-22(13(15)2)17-6-4-3-5-16(17)19/h3-6,11-12,14H,7-10H2,1-2H3,(H,21,23). The molecular weight excluding hydrogens is 293 g/mol. The first-order valence-corrected chi connectivity index (χ1v) is 8.16. The van der Waals surface area contributed by atoms with E-state index in [0.717, 1.165) is 31.6 Å². The van der Waals surface area contributed by atoms with Gasteiger partial charge in [0.1, 0.15) is 11.5 Å². The lowest BCUT2D eigenvalue weighted by Crippen LogP contribution is -2.37. The Labute approximate surface area is 135 Å². The number of para-hydroxylation sites is 1. The largest absolute Gasteiger partial charge is 0.349 e. The van der Waals surface area contributed by atoms with Gasteiger partial charge in [-0.2, -0.15) is 5.10 Å². The van der Waals surface area contributed by atoms with Crippen molar-refractivity contribution in [2.24, 2.45) is 5.92 Å². The molecule has 1 amide bonds. The molecular formula is C18H22FN3O. The molecule has 1 aromatic carbocycles. The summed E-state index contributed by atoms with van der Waals surface area (Å²) in [6.07, 6.45) is 5.86. The molecule has 0 aliphatic heterocycles. The summed E-state index contributed by atoms with van der Waals surface area (Å²) in [5.41, 5.74) is 1.51.